The van der Waals surface area contributed by atoms with Crippen LogP contribution in [0.15, 0.2) is 0 Å². The van der Waals surface area contributed by atoms with Gasteiger partial charge in [-0.05, 0) is 72.5 Å². The van der Waals surface area contributed by atoms with E-state index in [-0.39, 0.29) is 5.54 Å². The molecule has 3 heteroatoms. The van der Waals surface area contributed by atoms with Gasteiger partial charge in [0.1, 0.15) is 0 Å². The van der Waals surface area contributed by atoms with Gasteiger partial charge < -0.3 is 15.3 Å². The van der Waals surface area contributed by atoms with Crippen molar-refractivity contribution in [2.45, 2.75) is 64.5 Å². The minimum absolute atomic E-state index is 0.237. The zero-order valence-electron chi connectivity index (χ0n) is 11.8. The summed E-state index contributed by atoms with van der Waals surface area (Å²) < 4.78 is 0. The summed E-state index contributed by atoms with van der Waals surface area (Å²) in [7, 11) is 0. The lowest BCUT2D eigenvalue weighted by molar-refractivity contribution is 0.212. The molecule has 0 amide bonds. The first-order valence-corrected chi connectivity index (χ1v) is 7.13. The second-order valence-electron chi connectivity index (χ2n) is 6.23. The molecule has 0 aliphatic carbocycles. The quantitative estimate of drug-likeness (QED) is 0.670. The van der Waals surface area contributed by atoms with E-state index in [2.05, 4.69) is 31.0 Å². The molecule has 0 aromatic heterocycles. The third-order valence-electron chi connectivity index (χ3n) is 3.47. The Kier molecular flexibility index (Phi) is 6.45. The van der Waals surface area contributed by atoms with E-state index in [1.54, 1.807) is 0 Å². The highest BCUT2D eigenvalue weighted by Crippen LogP contribution is 2.21. The number of aliphatic hydroxyl groups is 1. The van der Waals surface area contributed by atoms with Gasteiger partial charge in [-0.2, -0.15) is 0 Å². The van der Waals surface area contributed by atoms with Crippen LogP contribution in [0.3, 0.4) is 0 Å². The summed E-state index contributed by atoms with van der Waals surface area (Å²) in [5.41, 5.74) is 0.237. The predicted molar refractivity (Wildman–Crippen MR) is 73.3 cm³/mol. The molecule has 1 atom stereocenters. The van der Waals surface area contributed by atoms with Gasteiger partial charge in [-0.15, -0.1) is 0 Å². The minimum atomic E-state index is 0.237. The molecule has 0 aromatic carbocycles. The third kappa shape index (κ3) is 6.39. The Morgan fingerprint density at radius 3 is 2.71 bits per heavy atom. The van der Waals surface area contributed by atoms with Gasteiger partial charge in [0.15, 0.2) is 0 Å². The van der Waals surface area contributed by atoms with Crippen LogP contribution in [-0.4, -0.2) is 47.8 Å². The first-order chi connectivity index (χ1) is 8.03. The number of nitrogens with zero attached hydrogens (tertiary/aromatic N) is 1. The van der Waals surface area contributed by atoms with Crippen LogP contribution in [0, 0.1) is 0 Å². The summed E-state index contributed by atoms with van der Waals surface area (Å²) in [6.45, 7) is 10.6. The topological polar surface area (TPSA) is 35.5 Å². The summed E-state index contributed by atoms with van der Waals surface area (Å²) in [5, 5.41) is 12.4. The number of likely N-dealkylation sites (tertiary alicyclic amines) is 1. The zero-order valence-corrected chi connectivity index (χ0v) is 11.8. The van der Waals surface area contributed by atoms with Crippen molar-refractivity contribution >= 4 is 0 Å². The van der Waals surface area contributed by atoms with Gasteiger partial charge in [-0.1, -0.05) is 0 Å². The molecule has 1 saturated heterocycles. The van der Waals surface area contributed by atoms with Crippen LogP contribution in [-0.2, 0) is 0 Å². The van der Waals surface area contributed by atoms with Crippen LogP contribution >= 0.6 is 0 Å². The van der Waals surface area contributed by atoms with Crippen LogP contribution in [0.1, 0.15) is 52.9 Å². The molecule has 1 fully saturated rings. The Bertz CT molecular complexity index is 201. The van der Waals surface area contributed by atoms with Gasteiger partial charge in [0.2, 0.25) is 0 Å². The molecule has 1 rings (SSSR count). The van der Waals surface area contributed by atoms with Crippen LogP contribution in [0.25, 0.3) is 0 Å². The lowest BCUT2D eigenvalue weighted by Gasteiger charge is -2.26. The van der Waals surface area contributed by atoms with E-state index in [4.69, 9.17) is 5.11 Å². The Hall–Kier alpha value is -0.120. The SMILES string of the molecule is CC(C)(C)NCCCN1CCCC1CCCO. The van der Waals surface area contributed by atoms with Gasteiger partial charge in [0.25, 0.3) is 0 Å². The van der Waals surface area contributed by atoms with Crippen molar-refractivity contribution in [3.05, 3.63) is 0 Å². The maximum atomic E-state index is 8.89. The second kappa shape index (κ2) is 7.34. The van der Waals surface area contributed by atoms with E-state index in [9.17, 15) is 0 Å². The number of nitrogens with one attached hydrogen (secondary N) is 1. The summed E-state index contributed by atoms with van der Waals surface area (Å²) in [4.78, 5) is 2.61. The minimum Gasteiger partial charge on any atom is -0.396 e. The highest BCUT2D eigenvalue weighted by molar-refractivity contribution is 4.79. The molecule has 0 bridgehead atoms. The Labute approximate surface area is 107 Å². The molecular weight excluding hydrogens is 212 g/mol. The van der Waals surface area contributed by atoms with Crippen molar-refractivity contribution in [2.75, 3.05) is 26.2 Å². The van der Waals surface area contributed by atoms with Crippen molar-refractivity contribution in [1.82, 2.24) is 10.2 Å². The van der Waals surface area contributed by atoms with E-state index in [1.165, 1.54) is 38.8 Å². The van der Waals surface area contributed by atoms with Crippen LogP contribution in [0.5, 0.6) is 0 Å². The van der Waals surface area contributed by atoms with Crippen LogP contribution < -0.4 is 5.32 Å². The fourth-order valence-corrected chi connectivity index (χ4v) is 2.59. The smallest absolute Gasteiger partial charge is 0.0431 e. The van der Waals surface area contributed by atoms with E-state index in [0.29, 0.717) is 6.61 Å². The van der Waals surface area contributed by atoms with Gasteiger partial charge in [-0.25, -0.2) is 0 Å². The first-order valence-electron chi connectivity index (χ1n) is 7.13. The van der Waals surface area contributed by atoms with Crippen molar-refractivity contribution in [2.24, 2.45) is 0 Å². The van der Waals surface area contributed by atoms with E-state index in [1.807, 2.05) is 0 Å². The van der Waals surface area contributed by atoms with Gasteiger partial charge >= 0.3 is 0 Å². The maximum Gasteiger partial charge on any atom is 0.0431 e. The molecule has 0 radical (unpaired) electrons. The normalized spacial score (nSPS) is 22.2. The lowest BCUT2D eigenvalue weighted by atomic mass is 10.1. The molecule has 0 spiro atoms. The summed E-state index contributed by atoms with van der Waals surface area (Å²) in [6.07, 6.45) is 6.02. The summed E-state index contributed by atoms with van der Waals surface area (Å²) in [6, 6.07) is 0.733. The Balaban J connectivity index is 2.13. The monoisotopic (exact) mass is 242 g/mol. The van der Waals surface area contributed by atoms with E-state index in [0.717, 1.165) is 19.0 Å². The molecule has 0 aromatic rings. The molecule has 1 unspecified atom stereocenters. The number of hydrogen-bond acceptors (Lipinski definition) is 3. The molecule has 1 aliphatic heterocycles. The molecule has 1 aliphatic rings. The molecule has 3 nitrogen and oxygen atoms in total. The first kappa shape index (κ1) is 14.9. The zero-order chi connectivity index (χ0) is 12.7. The van der Waals surface area contributed by atoms with Gasteiger partial charge in [-0.3, -0.25) is 0 Å². The predicted octanol–water partition coefficient (Wildman–Crippen LogP) is 2.00. The summed E-state index contributed by atoms with van der Waals surface area (Å²) in [5.74, 6) is 0. The molecule has 2 N–H and O–H groups in total. The highest BCUT2D eigenvalue weighted by atomic mass is 16.2. The molecule has 0 saturated carbocycles. The Morgan fingerprint density at radius 1 is 1.29 bits per heavy atom. The fraction of sp³-hybridized carbons (Fsp3) is 1.00. The number of hydrogen-bond donors (Lipinski definition) is 2. The van der Waals surface area contributed by atoms with Crippen molar-refractivity contribution < 1.29 is 5.11 Å². The molecule has 17 heavy (non-hydrogen) atoms. The highest BCUT2D eigenvalue weighted by Gasteiger charge is 2.23. The van der Waals surface area contributed by atoms with Gasteiger partial charge in [0, 0.05) is 18.2 Å². The average Bonchev–Trinajstić information content (AvgIpc) is 2.67. The summed E-state index contributed by atoms with van der Waals surface area (Å²) >= 11 is 0. The third-order valence-corrected chi connectivity index (χ3v) is 3.47. The van der Waals surface area contributed by atoms with Crippen LogP contribution in [0.2, 0.25) is 0 Å². The number of aliphatic hydroxyl groups excluding tert-OH is 1. The van der Waals surface area contributed by atoms with Crippen molar-refractivity contribution in [3.8, 4) is 0 Å². The van der Waals surface area contributed by atoms with E-state index >= 15 is 0 Å². The largest absolute Gasteiger partial charge is 0.396 e. The second-order valence-corrected chi connectivity index (χ2v) is 6.23. The maximum absolute atomic E-state index is 8.89. The molecular formula is C14H30N2O. The lowest BCUT2D eigenvalue weighted by Crippen LogP contribution is -2.38. The van der Waals surface area contributed by atoms with Crippen LogP contribution in [0.4, 0.5) is 0 Å². The number of rotatable bonds is 7. The van der Waals surface area contributed by atoms with Crippen molar-refractivity contribution in [1.29, 1.82) is 0 Å². The van der Waals surface area contributed by atoms with Gasteiger partial charge in [0.05, 0.1) is 0 Å². The molecule has 102 valence electrons. The molecule has 1 heterocycles. The fourth-order valence-electron chi connectivity index (χ4n) is 2.59. The Morgan fingerprint density at radius 2 is 2.06 bits per heavy atom. The van der Waals surface area contributed by atoms with Crippen molar-refractivity contribution in [3.63, 3.8) is 0 Å². The standard InChI is InChI=1S/C14H30N2O/c1-14(2,3)15-9-6-11-16-10-4-7-13(16)8-5-12-17/h13,15,17H,4-12H2,1-3H3. The average molecular weight is 242 g/mol. The van der Waals surface area contributed by atoms with E-state index < -0.39 is 0 Å².